The molecule has 1 saturated heterocycles. The number of ether oxygens (including phenoxy) is 1. The van der Waals surface area contributed by atoms with Gasteiger partial charge in [-0.1, -0.05) is 24.9 Å². The summed E-state index contributed by atoms with van der Waals surface area (Å²) in [6.07, 6.45) is 1.64. The Morgan fingerprint density at radius 1 is 1.24 bits per heavy atom. The minimum Gasteiger partial charge on any atom is -0.492 e. The lowest BCUT2D eigenvalue weighted by Gasteiger charge is -2.38. The van der Waals surface area contributed by atoms with Crippen LogP contribution in [0, 0.1) is 0 Å². The van der Waals surface area contributed by atoms with Gasteiger partial charge in [0.1, 0.15) is 12.4 Å². The highest BCUT2D eigenvalue weighted by Gasteiger charge is 2.33. The summed E-state index contributed by atoms with van der Waals surface area (Å²) in [6.45, 7) is 8.55. The van der Waals surface area contributed by atoms with E-state index in [0.29, 0.717) is 11.6 Å². The molecule has 0 bridgehead atoms. The standard InChI is InChI=1S/C18H28ClN3O2.ClH/c1-3-8-18(2,20)17(23)22-11-9-21(10-12-22)13-14-24-16-6-4-15(19)5-7-16;/h4-7H,3,8-14,20H2,1-2H3;1H. The number of hydrogen-bond acceptors (Lipinski definition) is 4. The maximum Gasteiger partial charge on any atom is 0.242 e. The van der Waals surface area contributed by atoms with Crippen molar-refractivity contribution in [2.24, 2.45) is 5.73 Å². The first kappa shape index (κ1) is 22.0. The molecule has 7 heteroatoms. The molecule has 2 N–H and O–H groups in total. The molecule has 1 aromatic carbocycles. The van der Waals surface area contributed by atoms with Gasteiger partial charge in [0.05, 0.1) is 5.54 Å². The second-order valence-electron chi connectivity index (χ2n) is 6.60. The Hall–Kier alpha value is -1.01. The van der Waals surface area contributed by atoms with Crippen LogP contribution in [0.1, 0.15) is 26.7 Å². The molecule has 1 heterocycles. The van der Waals surface area contributed by atoms with Crippen molar-refractivity contribution in [2.75, 3.05) is 39.3 Å². The summed E-state index contributed by atoms with van der Waals surface area (Å²) in [5.41, 5.74) is 5.42. The van der Waals surface area contributed by atoms with Crippen molar-refractivity contribution in [3.8, 4) is 5.75 Å². The van der Waals surface area contributed by atoms with Crippen molar-refractivity contribution in [3.05, 3.63) is 29.3 Å². The molecule has 1 aliphatic heterocycles. The van der Waals surface area contributed by atoms with Crippen LogP contribution in [-0.4, -0.2) is 60.6 Å². The van der Waals surface area contributed by atoms with Crippen LogP contribution < -0.4 is 10.5 Å². The molecule has 0 aliphatic carbocycles. The number of hydrogen-bond donors (Lipinski definition) is 1. The molecule has 5 nitrogen and oxygen atoms in total. The lowest BCUT2D eigenvalue weighted by molar-refractivity contribution is -0.138. The maximum atomic E-state index is 12.5. The lowest BCUT2D eigenvalue weighted by Crippen LogP contribution is -2.58. The molecular weight excluding hydrogens is 361 g/mol. The summed E-state index contributed by atoms with van der Waals surface area (Å²) in [6, 6.07) is 7.38. The summed E-state index contributed by atoms with van der Waals surface area (Å²) < 4.78 is 5.72. The van der Waals surface area contributed by atoms with Crippen LogP contribution >= 0.6 is 24.0 Å². The van der Waals surface area contributed by atoms with Crippen molar-refractivity contribution < 1.29 is 9.53 Å². The molecule has 2 rings (SSSR count). The van der Waals surface area contributed by atoms with Crippen LogP contribution in [0.5, 0.6) is 5.75 Å². The first-order valence-electron chi connectivity index (χ1n) is 8.61. The largest absolute Gasteiger partial charge is 0.492 e. The first-order valence-corrected chi connectivity index (χ1v) is 8.99. The Kier molecular flexibility index (Phi) is 9.00. The van der Waals surface area contributed by atoms with Crippen molar-refractivity contribution >= 4 is 29.9 Å². The van der Waals surface area contributed by atoms with Gasteiger partial charge in [0, 0.05) is 37.7 Å². The van der Waals surface area contributed by atoms with Gasteiger partial charge >= 0.3 is 0 Å². The molecule has 1 amide bonds. The molecule has 1 fully saturated rings. The predicted molar refractivity (Wildman–Crippen MR) is 105 cm³/mol. The summed E-state index contributed by atoms with van der Waals surface area (Å²) in [5, 5.41) is 0.707. The molecule has 0 aromatic heterocycles. The van der Waals surface area contributed by atoms with Crippen LogP contribution in [-0.2, 0) is 4.79 Å². The smallest absolute Gasteiger partial charge is 0.242 e. The van der Waals surface area contributed by atoms with E-state index in [1.54, 1.807) is 0 Å². The molecule has 25 heavy (non-hydrogen) atoms. The Labute approximate surface area is 161 Å². The average Bonchev–Trinajstić information content (AvgIpc) is 2.56. The average molecular weight is 390 g/mol. The molecular formula is C18H29Cl2N3O2. The molecule has 1 unspecified atom stereocenters. The summed E-state index contributed by atoms with van der Waals surface area (Å²) >= 11 is 5.85. The number of nitrogens with zero attached hydrogens (tertiary/aromatic N) is 2. The van der Waals surface area contributed by atoms with Gasteiger partial charge in [0.25, 0.3) is 0 Å². The van der Waals surface area contributed by atoms with Crippen LogP contribution in [0.15, 0.2) is 24.3 Å². The van der Waals surface area contributed by atoms with Gasteiger partial charge in [-0.05, 0) is 37.6 Å². The predicted octanol–water partition coefficient (Wildman–Crippen LogP) is 2.80. The Morgan fingerprint density at radius 3 is 2.40 bits per heavy atom. The number of amides is 1. The van der Waals surface area contributed by atoms with E-state index in [1.165, 1.54) is 0 Å². The molecule has 1 aromatic rings. The van der Waals surface area contributed by atoms with E-state index in [0.717, 1.165) is 51.3 Å². The zero-order chi connectivity index (χ0) is 17.6. The van der Waals surface area contributed by atoms with Crippen LogP contribution in [0.4, 0.5) is 0 Å². The Morgan fingerprint density at radius 2 is 1.84 bits per heavy atom. The Bertz CT molecular complexity index is 530. The number of carbonyl (C=O) groups excluding carboxylic acids is 1. The molecule has 0 saturated carbocycles. The van der Waals surface area contributed by atoms with E-state index in [2.05, 4.69) is 11.8 Å². The fourth-order valence-electron chi connectivity index (χ4n) is 2.99. The number of piperazine rings is 1. The zero-order valence-electron chi connectivity index (χ0n) is 15.0. The topological polar surface area (TPSA) is 58.8 Å². The number of carbonyl (C=O) groups is 1. The van der Waals surface area contributed by atoms with Gasteiger partial charge in [-0.2, -0.15) is 0 Å². The maximum absolute atomic E-state index is 12.5. The summed E-state index contributed by atoms with van der Waals surface area (Å²) in [5.74, 6) is 0.896. The fourth-order valence-corrected chi connectivity index (χ4v) is 3.11. The van der Waals surface area contributed by atoms with Crippen molar-refractivity contribution in [1.29, 1.82) is 0 Å². The van der Waals surface area contributed by atoms with Crippen LogP contribution in [0.2, 0.25) is 5.02 Å². The summed E-state index contributed by atoms with van der Waals surface area (Å²) in [7, 11) is 0. The second-order valence-corrected chi connectivity index (χ2v) is 7.04. The lowest BCUT2D eigenvalue weighted by atomic mass is 9.95. The van der Waals surface area contributed by atoms with Gasteiger partial charge in [-0.15, -0.1) is 12.4 Å². The van der Waals surface area contributed by atoms with Crippen LogP contribution in [0.3, 0.4) is 0 Å². The summed E-state index contributed by atoms with van der Waals surface area (Å²) in [4.78, 5) is 16.7. The van der Waals surface area contributed by atoms with Gasteiger partial charge in [-0.25, -0.2) is 0 Å². The SMILES string of the molecule is CCCC(C)(N)C(=O)N1CCN(CCOc2ccc(Cl)cc2)CC1.Cl. The van der Waals surface area contributed by atoms with E-state index < -0.39 is 5.54 Å². The fraction of sp³-hybridized carbons (Fsp3) is 0.611. The molecule has 1 atom stereocenters. The van der Waals surface area contributed by atoms with Gasteiger partial charge in [0.15, 0.2) is 0 Å². The molecule has 142 valence electrons. The minimum absolute atomic E-state index is 0. The minimum atomic E-state index is -0.741. The van der Waals surface area contributed by atoms with Crippen molar-refractivity contribution in [2.45, 2.75) is 32.2 Å². The van der Waals surface area contributed by atoms with Gasteiger partial charge in [-0.3, -0.25) is 9.69 Å². The normalized spacial score (nSPS) is 17.5. The first-order chi connectivity index (χ1) is 11.4. The molecule has 0 spiro atoms. The van der Waals surface area contributed by atoms with Crippen molar-refractivity contribution in [3.63, 3.8) is 0 Å². The van der Waals surface area contributed by atoms with Gasteiger partial charge in [0.2, 0.25) is 5.91 Å². The van der Waals surface area contributed by atoms with Gasteiger partial charge < -0.3 is 15.4 Å². The third-order valence-electron chi connectivity index (χ3n) is 4.41. The number of benzene rings is 1. The highest BCUT2D eigenvalue weighted by atomic mass is 35.5. The Balaban J connectivity index is 0.00000312. The van der Waals surface area contributed by atoms with E-state index in [4.69, 9.17) is 22.1 Å². The third kappa shape index (κ3) is 6.66. The van der Waals surface area contributed by atoms with E-state index in [9.17, 15) is 4.79 Å². The quantitative estimate of drug-likeness (QED) is 0.778. The highest BCUT2D eigenvalue weighted by Crippen LogP contribution is 2.16. The third-order valence-corrected chi connectivity index (χ3v) is 4.66. The highest BCUT2D eigenvalue weighted by molar-refractivity contribution is 6.30. The number of halogens is 2. The molecule has 1 aliphatic rings. The number of nitrogens with two attached hydrogens (primary N) is 1. The van der Waals surface area contributed by atoms with Crippen molar-refractivity contribution in [1.82, 2.24) is 9.80 Å². The second kappa shape index (κ2) is 10.2. The zero-order valence-corrected chi connectivity index (χ0v) is 16.6. The number of rotatable bonds is 7. The van der Waals surface area contributed by atoms with E-state index in [1.807, 2.05) is 36.1 Å². The van der Waals surface area contributed by atoms with E-state index >= 15 is 0 Å². The van der Waals surface area contributed by atoms with Crippen LogP contribution in [0.25, 0.3) is 0 Å². The monoisotopic (exact) mass is 389 g/mol. The van der Waals surface area contributed by atoms with E-state index in [-0.39, 0.29) is 18.3 Å². The molecule has 0 radical (unpaired) electrons.